The summed E-state index contributed by atoms with van der Waals surface area (Å²) in [6.07, 6.45) is 1.76. The summed E-state index contributed by atoms with van der Waals surface area (Å²) in [6.45, 7) is 6.80. The summed E-state index contributed by atoms with van der Waals surface area (Å²) in [5, 5.41) is 0. The molecule has 0 N–H and O–H groups in total. The molecule has 2 fully saturated rings. The number of aromatic nitrogens is 3. The molecule has 0 saturated carbocycles. The summed E-state index contributed by atoms with van der Waals surface area (Å²) in [7, 11) is 0. The molecule has 0 amide bonds. The molecule has 0 bridgehead atoms. The Balaban J connectivity index is 1.44. The zero-order valence-electron chi connectivity index (χ0n) is 14.3. The van der Waals surface area contributed by atoms with Crippen molar-refractivity contribution in [3.05, 3.63) is 36.7 Å². The first-order valence-electron chi connectivity index (χ1n) is 8.79. The van der Waals surface area contributed by atoms with Crippen LogP contribution in [0.5, 0.6) is 0 Å². The van der Waals surface area contributed by atoms with Crippen molar-refractivity contribution in [2.75, 3.05) is 57.4 Å². The number of nitrogens with zero attached hydrogens (tertiary/aromatic N) is 5. The minimum atomic E-state index is 0.170. The minimum absolute atomic E-state index is 0.170. The quantitative estimate of drug-likeness (QED) is 0.824. The van der Waals surface area contributed by atoms with E-state index in [2.05, 4.69) is 24.8 Å². The molecule has 1 unspecified atom stereocenters. The largest absolute Gasteiger partial charge is 0.379 e. The van der Waals surface area contributed by atoms with Gasteiger partial charge in [0, 0.05) is 38.3 Å². The Morgan fingerprint density at radius 1 is 1.00 bits per heavy atom. The molecule has 7 heteroatoms. The monoisotopic (exact) mass is 341 g/mol. The van der Waals surface area contributed by atoms with Crippen LogP contribution in [0.25, 0.3) is 11.4 Å². The highest BCUT2D eigenvalue weighted by atomic mass is 16.5. The molecular formula is C18H23N5O2. The van der Waals surface area contributed by atoms with E-state index in [1.807, 2.05) is 30.3 Å². The van der Waals surface area contributed by atoms with Gasteiger partial charge in [0.1, 0.15) is 6.33 Å². The fourth-order valence-corrected chi connectivity index (χ4v) is 3.25. The molecule has 1 atom stereocenters. The smallest absolute Gasteiger partial charge is 0.229 e. The topological polar surface area (TPSA) is 63.6 Å². The molecule has 4 rings (SSSR count). The minimum Gasteiger partial charge on any atom is -0.379 e. The van der Waals surface area contributed by atoms with Crippen LogP contribution in [0.2, 0.25) is 0 Å². The Kier molecular flexibility index (Phi) is 5.15. The molecule has 7 nitrogen and oxygen atoms in total. The standard InChI is InChI=1S/C18H23N5O2/c1-2-4-15(5-3-1)17-19-14-20-18(21-17)23-8-11-25-16(13-23)12-22-6-9-24-10-7-22/h1-5,14,16H,6-13H2. The van der Waals surface area contributed by atoms with Crippen molar-refractivity contribution in [1.29, 1.82) is 0 Å². The van der Waals surface area contributed by atoms with E-state index in [1.165, 1.54) is 0 Å². The Hall–Kier alpha value is -2.09. The van der Waals surface area contributed by atoms with Gasteiger partial charge < -0.3 is 14.4 Å². The van der Waals surface area contributed by atoms with Crippen molar-refractivity contribution in [3.63, 3.8) is 0 Å². The highest BCUT2D eigenvalue weighted by Gasteiger charge is 2.25. The average molecular weight is 341 g/mol. The average Bonchev–Trinajstić information content (AvgIpc) is 2.70. The summed E-state index contributed by atoms with van der Waals surface area (Å²) in [4.78, 5) is 18.0. The van der Waals surface area contributed by atoms with E-state index in [-0.39, 0.29) is 6.10 Å². The third kappa shape index (κ3) is 4.12. The van der Waals surface area contributed by atoms with Crippen LogP contribution in [0.4, 0.5) is 5.95 Å². The van der Waals surface area contributed by atoms with Gasteiger partial charge in [-0.25, -0.2) is 9.97 Å². The van der Waals surface area contributed by atoms with E-state index in [9.17, 15) is 0 Å². The second kappa shape index (κ2) is 7.86. The number of rotatable bonds is 4. The van der Waals surface area contributed by atoms with E-state index >= 15 is 0 Å². The van der Waals surface area contributed by atoms with Gasteiger partial charge in [0.25, 0.3) is 0 Å². The molecule has 2 aliphatic rings. The Labute approximate surface area is 147 Å². The van der Waals surface area contributed by atoms with E-state index in [1.54, 1.807) is 6.33 Å². The molecular weight excluding hydrogens is 318 g/mol. The maximum Gasteiger partial charge on any atom is 0.229 e. The Bertz CT molecular complexity index is 678. The zero-order valence-corrected chi connectivity index (χ0v) is 14.3. The molecule has 2 saturated heterocycles. The lowest BCUT2D eigenvalue weighted by molar-refractivity contribution is -0.0174. The highest BCUT2D eigenvalue weighted by Crippen LogP contribution is 2.18. The van der Waals surface area contributed by atoms with Crippen molar-refractivity contribution in [1.82, 2.24) is 19.9 Å². The third-order valence-corrected chi connectivity index (χ3v) is 4.58. The summed E-state index contributed by atoms with van der Waals surface area (Å²) in [5.74, 6) is 1.44. The lowest BCUT2D eigenvalue weighted by Crippen LogP contribution is -2.50. The van der Waals surface area contributed by atoms with Crippen LogP contribution in [0, 0.1) is 0 Å². The Morgan fingerprint density at radius 2 is 1.84 bits per heavy atom. The van der Waals surface area contributed by atoms with Gasteiger partial charge in [-0.1, -0.05) is 30.3 Å². The molecule has 2 aromatic rings. The molecule has 25 heavy (non-hydrogen) atoms. The molecule has 0 aliphatic carbocycles. The van der Waals surface area contributed by atoms with Gasteiger partial charge in [0.05, 0.1) is 25.9 Å². The number of hydrogen-bond donors (Lipinski definition) is 0. The van der Waals surface area contributed by atoms with Crippen LogP contribution in [0.15, 0.2) is 36.7 Å². The van der Waals surface area contributed by atoms with Gasteiger partial charge in [-0.2, -0.15) is 4.98 Å². The summed E-state index contributed by atoms with van der Waals surface area (Å²) >= 11 is 0. The number of ether oxygens (including phenoxy) is 2. The normalized spacial score (nSPS) is 22.1. The first-order valence-corrected chi connectivity index (χ1v) is 8.79. The van der Waals surface area contributed by atoms with Crippen LogP contribution < -0.4 is 4.90 Å². The first kappa shape index (κ1) is 16.4. The maximum absolute atomic E-state index is 5.95. The van der Waals surface area contributed by atoms with Gasteiger partial charge in [0.2, 0.25) is 5.95 Å². The fraction of sp³-hybridized carbons (Fsp3) is 0.500. The second-order valence-corrected chi connectivity index (χ2v) is 6.33. The molecule has 0 radical (unpaired) electrons. The predicted molar refractivity (Wildman–Crippen MR) is 94.5 cm³/mol. The van der Waals surface area contributed by atoms with E-state index < -0.39 is 0 Å². The molecule has 132 valence electrons. The third-order valence-electron chi connectivity index (χ3n) is 4.58. The van der Waals surface area contributed by atoms with E-state index in [4.69, 9.17) is 9.47 Å². The second-order valence-electron chi connectivity index (χ2n) is 6.33. The molecule has 0 spiro atoms. The molecule has 1 aromatic carbocycles. The lowest BCUT2D eigenvalue weighted by Gasteiger charge is -2.36. The van der Waals surface area contributed by atoms with Crippen LogP contribution in [0.1, 0.15) is 0 Å². The molecule has 2 aliphatic heterocycles. The van der Waals surface area contributed by atoms with Gasteiger partial charge in [-0.05, 0) is 0 Å². The van der Waals surface area contributed by atoms with E-state index in [0.29, 0.717) is 12.4 Å². The van der Waals surface area contributed by atoms with Crippen LogP contribution in [0.3, 0.4) is 0 Å². The van der Waals surface area contributed by atoms with Gasteiger partial charge in [0.15, 0.2) is 5.82 Å². The van der Waals surface area contributed by atoms with Crippen LogP contribution in [-0.2, 0) is 9.47 Å². The highest BCUT2D eigenvalue weighted by molar-refractivity contribution is 5.55. The lowest BCUT2D eigenvalue weighted by atomic mass is 10.2. The van der Waals surface area contributed by atoms with Crippen molar-refractivity contribution in [2.45, 2.75) is 6.10 Å². The molecule has 1 aromatic heterocycles. The first-order chi connectivity index (χ1) is 12.4. The van der Waals surface area contributed by atoms with Gasteiger partial charge >= 0.3 is 0 Å². The summed E-state index contributed by atoms with van der Waals surface area (Å²) in [6, 6.07) is 10.0. The number of benzene rings is 1. The Morgan fingerprint density at radius 3 is 2.68 bits per heavy atom. The number of anilines is 1. The zero-order chi connectivity index (χ0) is 16.9. The SMILES string of the molecule is c1ccc(-c2ncnc(N3CCOC(CN4CCOCC4)C3)n2)cc1. The number of hydrogen-bond acceptors (Lipinski definition) is 7. The van der Waals surface area contributed by atoms with Crippen molar-refractivity contribution >= 4 is 5.95 Å². The van der Waals surface area contributed by atoms with Crippen LogP contribution >= 0.6 is 0 Å². The summed E-state index contributed by atoms with van der Waals surface area (Å²) < 4.78 is 11.4. The van der Waals surface area contributed by atoms with Gasteiger partial charge in [-0.3, -0.25) is 4.90 Å². The fourth-order valence-electron chi connectivity index (χ4n) is 3.25. The summed E-state index contributed by atoms with van der Waals surface area (Å²) in [5.41, 5.74) is 1.00. The maximum atomic E-state index is 5.95. The van der Waals surface area contributed by atoms with E-state index in [0.717, 1.165) is 57.4 Å². The number of morpholine rings is 2. The van der Waals surface area contributed by atoms with Crippen molar-refractivity contribution in [3.8, 4) is 11.4 Å². The van der Waals surface area contributed by atoms with Crippen LogP contribution in [-0.4, -0.2) is 78.5 Å². The van der Waals surface area contributed by atoms with Crippen molar-refractivity contribution < 1.29 is 9.47 Å². The molecule has 3 heterocycles. The van der Waals surface area contributed by atoms with Crippen molar-refractivity contribution in [2.24, 2.45) is 0 Å². The predicted octanol–water partition coefficient (Wildman–Crippen LogP) is 1.08. The van der Waals surface area contributed by atoms with Gasteiger partial charge in [-0.15, -0.1) is 0 Å².